The molecule has 0 fully saturated rings. The number of hydrazine groups is 1. The summed E-state index contributed by atoms with van der Waals surface area (Å²) in [5.74, 6) is 7.37. The lowest BCUT2D eigenvalue weighted by molar-refractivity contribution is 0.530. The number of nitrogens with zero attached hydrogens (tertiary/aromatic N) is 2. The molecular formula is C10H12N4OS. The molecule has 2 rings (SSSR count). The molecule has 2 aromatic rings. The van der Waals surface area contributed by atoms with Crippen molar-refractivity contribution in [2.24, 2.45) is 5.84 Å². The Hall–Kier alpha value is -1.53. The quantitative estimate of drug-likeness (QED) is 0.366. The number of hydrogen-bond acceptors (Lipinski definition) is 6. The number of aryl methyl sites for hydroxylation is 1. The highest BCUT2D eigenvalue weighted by Gasteiger charge is 2.03. The third-order valence-electron chi connectivity index (χ3n) is 1.90. The molecule has 0 aliphatic rings. The molecule has 16 heavy (non-hydrogen) atoms. The first-order valence-electron chi connectivity index (χ1n) is 4.75. The van der Waals surface area contributed by atoms with Gasteiger partial charge in [0.15, 0.2) is 0 Å². The van der Waals surface area contributed by atoms with Crippen LogP contribution in [-0.2, 0) is 5.75 Å². The van der Waals surface area contributed by atoms with Gasteiger partial charge in [0.25, 0.3) is 0 Å². The van der Waals surface area contributed by atoms with Crippen LogP contribution in [0.25, 0.3) is 0 Å². The van der Waals surface area contributed by atoms with Gasteiger partial charge in [0.2, 0.25) is 5.95 Å². The number of hydrogen-bond donors (Lipinski definition) is 2. The predicted octanol–water partition coefficient (Wildman–Crippen LogP) is 1.96. The van der Waals surface area contributed by atoms with Gasteiger partial charge >= 0.3 is 0 Å². The van der Waals surface area contributed by atoms with Crippen molar-refractivity contribution in [1.82, 2.24) is 9.97 Å². The smallest absolute Gasteiger partial charge is 0.238 e. The Balaban J connectivity index is 2.06. The van der Waals surface area contributed by atoms with Crippen molar-refractivity contribution < 1.29 is 4.42 Å². The molecule has 0 saturated carbocycles. The first kappa shape index (κ1) is 11.0. The zero-order chi connectivity index (χ0) is 11.4. The van der Waals surface area contributed by atoms with Crippen LogP contribution in [0.3, 0.4) is 0 Å². The van der Waals surface area contributed by atoms with E-state index < -0.39 is 0 Å². The summed E-state index contributed by atoms with van der Waals surface area (Å²) in [5, 5.41) is 0.872. The largest absolute Gasteiger partial charge is 0.468 e. The van der Waals surface area contributed by atoms with E-state index in [4.69, 9.17) is 10.3 Å². The van der Waals surface area contributed by atoms with Crippen LogP contribution >= 0.6 is 11.8 Å². The number of aromatic nitrogens is 2. The van der Waals surface area contributed by atoms with E-state index in [-0.39, 0.29) is 0 Å². The van der Waals surface area contributed by atoms with E-state index in [0.29, 0.717) is 5.95 Å². The van der Waals surface area contributed by atoms with Gasteiger partial charge in [-0.05, 0) is 25.1 Å². The SMILES string of the molecule is Cc1cc(SCc2ccco2)nc(NN)n1. The van der Waals surface area contributed by atoms with Gasteiger partial charge in [-0.2, -0.15) is 0 Å². The summed E-state index contributed by atoms with van der Waals surface area (Å²) in [6.45, 7) is 1.90. The van der Waals surface area contributed by atoms with Crippen molar-refractivity contribution >= 4 is 17.7 Å². The molecule has 5 nitrogen and oxygen atoms in total. The molecule has 6 heteroatoms. The van der Waals surface area contributed by atoms with Gasteiger partial charge in [-0.25, -0.2) is 15.8 Å². The van der Waals surface area contributed by atoms with E-state index in [9.17, 15) is 0 Å². The molecule has 0 aliphatic carbocycles. The summed E-state index contributed by atoms with van der Waals surface area (Å²) >= 11 is 1.58. The van der Waals surface area contributed by atoms with Crippen LogP contribution in [-0.4, -0.2) is 9.97 Å². The molecule has 84 valence electrons. The van der Waals surface area contributed by atoms with E-state index in [2.05, 4.69) is 15.4 Å². The summed E-state index contributed by atoms with van der Waals surface area (Å²) in [7, 11) is 0. The minimum absolute atomic E-state index is 0.432. The van der Waals surface area contributed by atoms with Gasteiger partial charge in [-0.1, -0.05) is 11.8 Å². The fraction of sp³-hybridized carbons (Fsp3) is 0.200. The Morgan fingerprint density at radius 1 is 1.50 bits per heavy atom. The molecule has 0 aliphatic heterocycles. The minimum atomic E-state index is 0.432. The van der Waals surface area contributed by atoms with Gasteiger partial charge in [-0.15, -0.1) is 0 Å². The fourth-order valence-corrected chi connectivity index (χ4v) is 2.08. The Morgan fingerprint density at radius 3 is 3.06 bits per heavy atom. The summed E-state index contributed by atoms with van der Waals surface area (Å²) in [4.78, 5) is 8.34. The topological polar surface area (TPSA) is 77.0 Å². The third-order valence-corrected chi connectivity index (χ3v) is 2.84. The zero-order valence-corrected chi connectivity index (χ0v) is 9.62. The van der Waals surface area contributed by atoms with Crippen LogP contribution in [0.4, 0.5) is 5.95 Å². The van der Waals surface area contributed by atoms with E-state index in [1.165, 1.54) is 0 Å². The molecule has 0 amide bonds. The Kier molecular flexibility index (Phi) is 3.43. The van der Waals surface area contributed by atoms with Crippen LogP contribution in [0.5, 0.6) is 0 Å². The first-order chi connectivity index (χ1) is 7.78. The summed E-state index contributed by atoms with van der Waals surface area (Å²) in [5.41, 5.74) is 3.32. The second-order valence-electron chi connectivity index (χ2n) is 3.18. The number of furan rings is 1. The van der Waals surface area contributed by atoms with Gasteiger partial charge < -0.3 is 4.42 Å². The molecule has 2 aromatic heterocycles. The van der Waals surface area contributed by atoms with E-state index in [0.717, 1.165) is 22.2 Å². The highest BCUT2D eigenvalue weighted by Crippen LogP contribution is 2.22. The van der Waals surface area contributed by atoms with Crippen molar-refractivity contribution in [3.05, 3.63) is 35.9 Å². The number of nitrogen functional groups attached to an aromatic ring is 1. The summed E-state index contributed by atoms with van der Waals surface area (Å²) in [6, 6.07) is 5.71. The number of nitrogens with one attached hydrogen (secondary N) is 1. The van der Waals surface area contributed by atoms with Crippen LogP contribution < -0.4 is 11.3 Å². The molecule has 0 radical (unpaired) electrons. The fourth-order valence-electron chi connectivity index (χ4n) is 1.22. The average Bonchev–Trinajstić information content (AvgIpc) is 2.78. The molecule has 0 spiro atoms. The highest BCUT2D eigenvalue weighted by molar-refractivity contribution is 7.98. The molecule has 0 unspecified atom stereocenters. The maximum Gasteiger partial charge on any atom is 0.238 e. The summed E-state index contributed by atoms with van der Waals surface area (Å²) in [6.07, 6.45) is 1.66. The van der Waals surface area contributed by atoms with Crippen molar-refractivity contribution in [3.63, 3.8) is 0 Å². The molecule has 0 aromatic carbocycles. The van der Waals surface area contributed by atoms with Gasteiger partial charge in [0, 0.05) is 5.69 Å². The van der Waals surface area contributed by atoms with Crippen molar-refractivity contribution in [1.29, 1.82) is 0 Å². The number of thioether (sulfide) groups is 1. The van der Waals surface area contributed by atoms with E-state index in [1.807, 2.05) is 25.1 Å². The molecule has 0 atom stereocenters. The maximum absolute atomic E-state index is 5.28. The van der Waals surface area contributed by atoms with E-state index in [1.54, 1.807) is 18.0 Å². The molecule has 3 N–H and O–H groups in total. The standard InChI is InChI=1S/C10H12N4OS/c1-7-5-9(13-10(12-7)14-11)16-6-8-3-2-4-15-8/h2-5H,6,11H2,1H3,(H,12,13,14). The molecule has 0 saturated heterocycles. The normalized spacial score (nSPS) is 10.4. The zero-order valence-electron chi connectivity index (χ0n) is 8.80. The number of rotatable bonds is 4. The summed E-state index contributed by atoms with van der Waals surface area (Å²) < 4.78 is 5.24. The Bertz CT molecular complexity index is 458. The van der Waals surface area contributed by atoms with Gasteiger partial charge in [0.05, 0.1) is 12.0 Å². The Labute approximate surface area is 97.4 Å². The third kappa shape index (κ3) is 2.74. The lowest BCUT2D eigenvalue weighted by Gasteiger charge is -2.03. The van der Waals surface area contributed by atoms with Gasteiger partial charge in [0.1, 0.15) is 10.8 Å². The van der Waals surface area contributed by atoms with Crippen molar-refractivity contribution in [3.8, 4) is 0 Å². The monoisotopic (exact) mass is 236 g/mol. The van der Waals surface area contributed by atoms with Crippen LogP contribution in [0.15, 0.2) is 33.9 Å². The lowest BCUT2D eigenvalue weighted by atomic mass is 10.5. The molecular weight excluding hydrogens is 224 g/mol. The highest BCUT2D eigenvalue weighted by atomic mass is 32.2. The Morgan fingerprint density at radius 2 is 2.38 bits per heavy atom. The minimum Gasteiger partial charge on any atom is -0.468 e. The second-order valence-corrected chi connectivity index (χ2v) is 4.18. The van der Waals surface area contributed by atoms with Crippen molar-refractivity contribution in [2.75, 3.05) is 5.43 Å². The second kappa shape index (κ2) is 5.00. The van der Waals surface area contributed by atoms with Crippen LogP contribution in [0.1, 0.15) is 11.5 Å². The van der Waals surface area contributed by atoms with Crippen molar-refractivity contribution in [2.45, 2.75) is 17.7 Å². The first-order valence-corrected chi connectivity index (χ1v) is 5.74. The molecule has 2 heterocycles. The lowest BCUT2D eigenvalue weighted by Crippen LogP contribution is -2.11. The van der Waals surface area contributed by atoms with Gasteiger partial charge in [-0.3, -0.25) is 5.43 Å². The van der Waals surface area contributed by atoms with Crippen LogP contribution in [0.2, 0.25) is 0 Å². The van der Waals surface area contributed by atoms with E-state index >= 15 is 0 Å². The van der Waals surface area contributed by atoms with Crippen LogP contribution in [0, 0.1) is 6.92 Å². The predicted molar refractivity (Wildman–Crippen MR) is 62.8 cm³/mol. The number of anilines is 1. The number of nitrogens with two attached hydrogens (primary N) is 1. The molecule has 0 bridgehead atoms. The average molecular weight is 236 g/mol. The maximum atomic E-state index is 5.28.